The molecule has 0 aliphatic carbocycles. The highest BCUT2D eigenvalue weighted by Gasteiger charge is 2.31. The van der Waals surface area contributed by atoms with Crippen LogP contribution in [-0.2, 0) is 17.5 Å². The first kappa shape index (κ1) is 18.6. The van der Waals surface area contributed by atoms with E-state index in [0.29, 0.717) is 5.69 Å². The van der Waals surface area contributed by atoms with Crippen molar-refractivity contribution in [3.63, 3.8) is 0 Å². The van der Waals surface area contributed by atoms with Crippen LogP contribution in [0, 0.1) is 13.8 Å². The molecule has 0 aliphatic rings. The first-order valence-electron chi connectivity index (χ1n) is 8.09. The van der Waals surface area contributed by atoms with Crippen molar-refractivity contribution in [1.29, 1.82) is 0 Å². The number of benzene rings is 2. The Bertz CT molecular complexity index is 961. The van der Waals surface area contributed by atoms with Gasteiger partial charge in [-0.1, -0.05) is 16.9 Å². The fourth-order valence-electron chi connectivity index (χ4n) is 2.68. The predicted molar refractivity (Wildman–Crippen MR) is 91.6 cm³/mol. The number of anilines is 1. The van der Waals surface area contributed by atoms with Gasteiger partial charge in [-0.2, -0.15) is 13.2 Å². The number of alkyl halides is 3. The van der Waals surface area contributed by atoms with E-state index in [0.717, 1.165) is 28.1 Å². The second-order valence-corrected chi connectivity index (χ2v) is 6.20. The number of aromatic amines is 1. The van der Waals surface area contributed by atoms with E-state index in [4.69, 9.17) is 0 Å². The van der Waals surface area contributed by atoms with Crippen LogP contribution in [0.4, 0.5) is 18.9 Å². The van der Waals surface area contributed by atoms with Crippen LogP contribution in [0.1, 0.15) is 16.7 Å². The highest BCUT2D eigenvalue weighted by molar-refractivity contribution is 5.89. The zero-order valence-corrected chi connectivity index (χ0v) is 14.6. The highest BCUT2D eigenvalue weighted by Crippen LogP contribution is 2.31. The zero-order valence-electron chi connectivity index (χ0n) is 14.6. The molecule has 0 aliphatic heterocycles. The van der Waals surface area contributed by atoms with Crippen molar-refractivity contribution in [1.82, 2.24) is 15.4 Å². The molecule has 6 nitrogen and oxygen atoms in total. The number of amides is 1. The quantitative estimate of drug-likeness (QED) is 0.688. The van der Waals surface area contributed by atoms with Crippen molar-refractivity contribution >= 4 is 11.6 Å². The summed E-state index contributed by atoms with van der Waals surface area (Å²) in [6, 6.07) is 10.4. The fraction of sp³-hybridized carbons (Fsp3) is 0.222. The molecule has 1 amide bonds. The molecule has 140 valence electrons. The van der Waals surface area contributed by atoms with Crippen molar-refractivity contribution in [2.75, 3.05) is 5.32 Å². The van der Waals surface area contributed by atoms with E-state index < -0.39 is 11.7 Å². The Labute approximate surface area is 153 Å². The Balaban J connectivity index is 1.72. The van der Waals surface area contributed by atoms with E-state index in [-0.39, 0.29) is 23.8 Å². The summed E-state index contributed by atoms with van der Waals surface area (Å²) in [4.78, 5) is 13.3. The van der Waals surface area contributed by atoms with Gasteiger partial charge in [-0.15, -0.1) is 0 Å². The third kappa shape index (κ3) is 4.69. The SMILES string of the molecule is Cc1cc(C)cc(NC(=O)C[n+]2nc(-c3cccc(C(F)(F)F)c3)n[nH]2)c1. The smallest absolute Gasteiger partial charge is 0.322 e. The van der Waals surface area contributed by atoms with Crippen molar-refractivity contribution < 1.29 is 22.8 Å². The number of hydrogen-bond donors (Lipinski definition) is 2. The van der Waals surface area contributed by atoms with E-state index in [1.165, 1.54) is 12.1 Å². The van der Waals surface area contributed by atoms with Gasteiger partial charge in [0.25, 0.3) is 5.91 Å². The number of aromatic nitrogens is 4. The topological polar surface area (TPSA) is 74.6 Å². The largest absolute Gasteiger partial charge is 0.416 e. The van der Waals surface area contributed by atoms with Gasteiger partial charge in [-0.3, -0.25) is 4.79 Å². The molecule has 0 saturated heterocycles. The molecule has 0 radical (unpaired) electrons. The van der Waals surface area contributed by atoms with Gasteiger partial charge in [0, 0.05) is 5.69 Å². The Hall–Kier alpha value is -3.23. The van der Waals surface area contributed by atoms with Crippen molar-refractivity contribution in [3.8, 4) is 11.4 Å². The Morgan fingerprint density at radius 2 is 1.85 bits per heavy atom. The van der Waals surface area contributed by atoms with Crippen molar-refractivity contribution in [3.05, 3.63) is 59.2 Å². The van der Waals surface area contributed by atoms with Crippen LogP contribution in [0.3, 0.4) is 0 Å². The summed E-state index contributed by atoms with van der Waals surface area (Å²) in [6.07, 6.45) is -4.45. The second kappa shape index (κ2) is 7.18. The van der Waals surface area contributed by atoms with E-state index in [1.807, 2.05) is 32.0 Å². The predicted octanol–water partition coefficient (Wildman–Crippen LogP) is 3.03. The number of rotatable bonds is 4. The molecule has 2 aromatic carbocycles. The minimum atomic E-state index is -4.45. The number of tetrazole rings is 1. The summed E-state index contributed by atoms with van der Waals surface area (Å²) in [5, 5.41) is 13.2. The molecule has 3 aromatic rings. The van der Waals surface area contributed by atoms with Crippen LogP contribution in [0.15, 0.2) is 42.5 Å². The number of H-pyrrole nitrogens is 1. The lowest BCUT2D eigenvalue weighted by Crippen LogP contribution is -2.44. The third-order valence-electron chi connectivity index (χ3n) is 3.73. The first-order valence-corrected chi connectivity index (χ1v) is 8.09. The maximum Gasteiger partial charge on any atom is 0.416 e. The molecular weight excluding hydrogens is 359 g/mol. The minimum absolute atomic E-state index is 0.0697. The van der Waals surface area contributed by atoms with Gasteiger partial charge in [-0.05, 0) is 65.6 Å². The van der Waals surface area contributed by atoms with E-state index in [9.17, 15) is 18.0 Å². The number of carbonyl (C=O) groups is 1. The average molecular weight is 376 g/mol. The van der Waals surface area contributed by atoms with E-state index >= 15 is 0 Å². The summed E-state index contributed by atoms with van der Waals surface area (Å²) in [5.74, 6) is -0.267. The zero-order chi connectivity index (χ0) is 19.6. The molecule has 0 fully saturated rings. The second-order valence-electron chi connectivity index (χ2n) is 6.20. The number of aryl methyl sites for hydroxylation is 2. The number of nitrogens with zero attached hydrogens (tertiary/aromatic N) is 3. The lowest BCUT2D eigenvalue weighted by molar-refractivity contribution is -0.793. The van der Waals surface area contributed by atoms with Crippen LogP contribution in [0.2, 0.25) is 0 Å². The lowest BCUT2D eigenvalue weighted by Gasteiger charge is -2.06. The summed E-state index contributed by atoms with van der Waals surface area (Å²) in [5.41, 5.74) is 2.11. The van der Waals surface area contributed by atoms with Gasteiger partial charge < -0.3 is 5.32 Å². The monoisotopic (exact) mass is 376 g/mol. The Morgan fingerprint density at radius 3 is 2.52 bits per heavy atom. The molecule has 1 aromatic heterocycles. The van der Waals surface area contributed by atoms with Gasteiger partial charge >= 0.3 is 12.0 Å². The van der Waals surface area contributed by atoms with Gasteiger partial charge in [-0.25, -0.2) is 0 Å². The van der Waals surface area contributed by atoms with Crippen LogP contribution < -0.4 is 10.1 Å². The Kier molecular flexibility index (Phi) is 4.93. The average Bonchev–Trinajstić information content (AvgIpc) is 3.01. The molecular formula is C18H17F3N5O+. The molecule has 27 heavy (non-hydrogen) atoms. The maximum absolute atomic E-state index is 12.8. The summed E-state index contributed by atoms with van der Waals surface area (Å²) in [6.45, 7) is 3.70. The molecule has 0 bridgehead atoms. The first-order chi connectivity index (χ1) is 12.7. The molecule has 0 atom stereocenters. The Morgan fingerprint density at radius 1 is 1.15 bits per heavy atom. The van der Waals surface area contributed by atoms with Crippen molar-refractivity contribution in [2.45, 2.75) is 26.6 Å². The van der Waals surface area contributed by atoms with Crippen molar-refractivity contribution in [2.24, 2.45) is 0 Å². The third-order valence-corrected chi connectivity index (χ3v) is 3.73. The molecule has 0 spiro atoms. The van der Waals surface area contributed by atoms with Gasteiger partial charge in [0.1, 0.15) is 0 Å². The standard InChI is InChI=1S/C18H16F3N5O/c1-11-6-12(2)8-15(7-11)22-16(27)10-26-24-17(23-25-26)13-4-3-5-14(9-13)18(19,20)21/h3-9H,10H2,1-2H3,(H,22,27)/p+1. The number of nitrogens with one attached hydrogen (secondary N) is 2. The maximum atomic E-state index is 12.8. The van der Waals surface area contributed by atoms with E-state index in [2.05, 4.69) is 20.7 Å². The molecule has 1 heterocycles. The van der Waals surface area contributed by atoms with Crippen LogP contribution >= 0.6 is 0 Å². The summed E-state index contributed by atoms with van der Waals surface area (Å²) >= 11 is 0. The molecule has 3 rings (SSSR count). The van der Waals surface area contributed by atoms with Gasteiger partial charge in [0.2, 0.25) is 6.54 Å². The summed E-state index contributed by atoms with van der Waals surface area (Å²) in [7, 11) is 0. The normalized spacial score (nSPS) is 11.4. The molecule has 0 unspecified atom stereocenters. The highest BCUT2D eigenvalue weighted by atomic mass is 19.4. The van der Waals surface area contributed by atoms with Crippen LogP contribution in [0.25, 0.3) is 11.4 Å². The number of halogens is 3. The van der Waals surface area contributed by atoms with Crippen LogP contribution in [0.5, 0.6) is 0 Å². The molecule has 9 heteroatoms. The fourth-order valence-corrected chi connectivity index (χ4v) is 2.68. The number of hydrogen-bond acceptors (Lipinski definition) is 3. The minimum Gasteiger partial charge on any atom is -0.322 e. The summed E-state index contributed by atoms with van der Waals surface area (Å²) < 4.78 is 38.5. The molecule has 0 saturated carbocycles. The van der Waals surface area contributed by atoms with Gasteiger partial charge in [0.15, 0.2) is 0 Å². The van der Waals surface area contributed by atoms with Gasteiger partial charge in [0.05, 0.1) is 16.2 Å². The molecule has 2 N–H and O–H groups in total. The van der Waals surface area contributed by atoms with Crippen LogP contribution in [-0.4, -0.2) is 21.3 Å². The lowest BCUT2D eigenvalue weighted by atomic mass is 10.1. The van der Waals surface area contributed by atoms with E-state index in [1.54, 1.807) is 0 Å². The number of carbonyl (C=O) groups excluding carboxylic acids is 1.